The number of carbonyl (C=O) groups is 2. The molecule has 6 nitrogen and oxygen atoms in total. The number of pyridine rings is 1. The fourth-order valence-electron chi connectivity index (χ4n) is 1.37. The average Bonchev–Trinajstić information content (AvgIpc) is 2.40. The van der Waals surface area contributed by atoms with Crippen molar-refractivity contribution in [3.8, 4) is 0 Å². The lowest BCUT2D eigenvalue weighted by molar-refractivity contribution is -0.140. The Labute approximate surface area is 119 Å². The predicted molar refractivity (Wildman–Crippen MR) is 72.9 cm³/mol. The molecule has 0 fully saturated rings. The molecule has 0 spiro atoms. The number of hydrogen-bond acceptors (Lipinski definition) is 6. The van der Waals surface area contributed by atoms with Crippen molar-refractivity contribution in [1.29, 1.82) is 0 Å². The van der Waals surface area contributed by atoms with E-state index in [1.54, 1.807) is 12.1 Å². The number of ether oxygens (including phenoxy) is 2. The van der Waals surface area contributed by atoms with E-state index < -0.39 is 11.9 Å². The lowest BCUT2D eigenvalue weighted by Gasteiger charge is -2.21. The first-order valence-electron chi connectivity index (χ1n) is 5.49. The van der Waals surface area contributed by atoms with E-state index in [0.29, 0.717) is 5.82 Å². The van der Waals surface area contributed by atoms with Crippen LogP contribution in [-0.4, -0.2) is 44.2 Å². The number of hydrogen-bond donors (Lipinski definition) is 0. The van der Waals surface area contributed by atoms with E-state index in [4.69, 9.17) is 0 Å². The maximum Gasteiger partial charge on any atom is 0.325 e. The third-order valence-electron chi connectivity index (χ3n) is 2.43. The maximum atomic E-state index is 11.4. The zero-order valence-electron chi connectivity index (χ0n) is 11.0. The summed E-state index contributed by atoms with van der Waals surface area (Å²) in [6.07, 6.45) is 0. The number of carbonyl (C=O) groups excluding carboxylic acids is 2. The summed E-state index contributed by atoms with van der Waals surface area (Å²) in [5, 5.41) is 0. The Bertz CT molecular complexity index is 461. The first kappa shape index (κ1) is 15.4. The molecule has 0 amide bonds. The summed E-state index contributed by atoms with van der Waals surface area (Å²) in [5.41, 5.74) is 0.761. The number of esters is 2. The zero-order chi connectivity index (χ0) is 14.4. The predicted octanol–water partition coefficient (Wildman–Crippen LogP) is 1.30. The number of nitrogens with zero attached hydrogens (tertiary/aromatic N) is 2. The first-order valence-corrected chi connectivity index (χ1v) is 6.29. The Kier molecular flexibility index (Phi) is 5.75. The molecule has 0 unspecified atom stereocenters. The van der Waals surface area contributed by atoms with Crippen LogP contribution in [0.5, 0.6) is 0 Å². The molecular formula is C12H15BrN2O4. The smallest absolute Gasteiger partial charge is 0.325 e. The van der Waals surface area contributed by atoms with Crippen LogP contribution in [0.2, 0.25) is 0 Å². The van der Waals surface area contributed by atoms with Gasteiger partial charge in [0.2, 0.25) is 0 Å². The molecule has 0 bridgehead atoms. The lowest BCUT2D eigenvalue weighted by atomic mass is 10.3. The monoisotopic (exact) mass is 330 g/mol. The van der Waals surface area contributed by atoms with Gasteiger partial charge in [0.15, 0.2) is 0 Å². The normalized spacial score (nSPS) is 9.89. The molecule has 1 aromatic heterocycles. The van der Waals surface area contributed by atoms with Crippen LogP contribution in [0.25, 0.3) is 0 Å². The molecule has 0 aliphatic carbocycles. The maximum absolute atomic E-state index is 11.4. The van der Waals surface area contributed by atoms with E-state index in [2.05, 4.69) is 30.4 Å². The van der Waals surface area contributed by atoms with E-state index in [1.165, 1.54) is 19.1 Å². The molecule has 1 aromatic rings. The Balaban J connectivity index is 2.96. The van der Waals surface area contributed by atoms with E-state index in [1.807, 2.05) is 6.92 Å². The van der Waals surface area contributed by atoms with E-state index in [9.17, 15) is 9.59 Å². The summed E-state index contributed by atoms with van der Waals surface area (Å²) in [7, 11) is 2.58. The zero-order valence-corrected chi connectivity index (χ0v) is 12.6. The van der Waals surface area contributed by atoms with E-state index >= 15 is 0 Å². The Hall–Kier alpha value is -1.63. The molecule has 0 aliphatic heterocycles. The van der Waals surface area contributed by atoms with Crippen molar-refractivity contribution in [3.63, 3.8) is 0 Å². The fraction of sp³-hybridized carbons (Fsp3) is 0.417. The second kappa shape index (κ2) is 7.08. The van der Waals surface area contributed by atoms with Crippen LogP contribution in [0.15, 0.2) is 16.6 Å². The molecule has 0 aromatic carbocycles. The number of halogens is 1. The second-order valence-corrected chi connectivity index (χ2v) is 4.60. The van der Waals surface area contributed by atoms with Crippen LogP contribution in [0.1, 0.15) is 5.69 Å². The van der Waals surface area contributed by atoms with Gasteiger partial charge < -0.3 is 14.4 Å². The van der Waals surface area contributed by atoms with Crippen molar-refractivity contribution >= 4 is 33.7 Å². The topological polar surface area (TPSA) is 68.7 Å². The van der Waals surface area contributed by atoms with Crippen molar-refractivity contribution in [2.45, 2.75) is 6.92 Å². The lowest BCUT2D eigenvalue weighted by Crippen LogP contribution is -2.36. The summed E-state index contributed by atoms with van der Waals surface area (Å²) in [4.78, 5) is 28.5. The number of aryl methyl sites for hydroxylation is 1. The van der Waals surface area contributed by atoms with Crippen molar-refractivity contribution in [3.05, 3.63) is 22.3 Å². The summed E-state index contributed by atoms with van der Waals surface area (Å²) in [6, 6.07) is 3.52. The van der Waals surface area contributed by atoms with Gasteiger partial charge in [0, 0.05) is 4.47 Å². The van der Waals surface area contributed by atoms with Crippen molar-refractivity contribution in [2.24, 2.45) is 0 Å². The van der Waals surface area contributed by atoms with Gasteiger partial charge in [0.1, 0.15) is 18.9 Å². The standard InChI is InChI=1S/C12H15BrN2O4/c1-8-9(13)4-5-10(14-8)15(6-11(16)18-2)7-12(17)19-3/h4-5H,6-7H2,1-3H3. The molecule has 0 saturated carbocycles. The molecule has 0 atom stereocenters. The van der Waals surface area contributed by atoms with Crippen LogP contribution in [0, 0.1) is 6.92 Å². The first-order chi connectivity index (χ1) is 8.97. The summed E-state index contributed by atoms with van der Waals surface area (Å²) in [6.45, 7) is 1.68. The number of rotatable bonds is 5. The minimum absolute atomic E-state index is 0.0698. The van der Waals surface area contributed by atoms with Crippen LogP contribution < -0.4 is 4.90 Å². The van der Waals surface area contributed by atoms with Gasteiger partial charge in [0.05, 0.1) is 19.9 Å². The molecule has 0 radical (unpaired) electrons. The largest absolute Gasteiger partial charge is 0.468 e. The van der Waals surface area contributed by atoms with Gasteiger partial charge in [-0.2, -0.15) is 0 Å². The Morgan fingerprint density at radius 3 is 2.16 bits per heavy atom. The van der Waals surface area contributed by atoms with Gasteiger partial charge >= 0.3 is 11.9 Å². The average molecular weight is 331 g/mol. The van der Waals surface area contributed by atoms with Crippen molar-refractivity contribution in [1.82, 2.24) is 4.98 Å². The molecule has 1 rings (SSSR count). The highest BCUT2D eigenvalue weighted by molar-refractivity contribution is 9.10. The highest BCUT2D eigenvalue weighted by Crippen LogP contribution is 2.19. The van der Waals surface area contributed by atoms with Gasteiger partial charge in [-0.05, 0) is 35.0 Å². The van der Waals surface area contributed by atoms with Gasteiger partial charge in [-0.3, -0.25) is 9.59 Å². The summed E-state index contributed by atoms with van der Waals surface area (Å²) < 4.78 is 10.1. The van der Waals surface area contributed by atoms with Gasteiger partial charge in [0.25, 0.3) is 0 Å². The highest BCUT2D eigenvalue weighted by atomic mass is 79.9. The van der Waals surface area contributed by atoms with Crippen LogP contribution in [-0.2, 0) is 19.1 Å². The van der Waals surface area contributed by atoms with Crippen LogP contribution >= 0.6 is 15.9 Å². The second-order valence-electron chi connectivity index (χ2n) is 3.75. The van der Waals surface area contributed by atoms with Gasteiger partial charge in [-0.1, -0.05) is 0 Å². The fourth-order valence-corrected chi connectivity index (χ4v) is 1.59. The summed E-state index contributed by atoms with van der Waals surface area (Å²) in [5.74, 6) is -0.394. The molecule has 0 aliphatic rings. The molecule has 19 heavy (non-hydrogen) atoms. The SMILES string of the molecule is COC(=O)CN(CC(=O)OC)c1ccc(Br)c(C)n1. The van der Waals surface area contributed by atoms with Crippen molar-refractivity contribution in [2.75, 3.05) is 32.2 Å². The van der Waals surface area contributed by atoms with E-state index in [0.717, 1.165) is 10.2 Å². The minimum Gasteiger partial charge on any atom is -0.468 e. The molecular weight excluding hydrogens is 316 g/mol. The van der Waals surface area contributed by atoms with E-state index in [-0.39, 0.29) is 13.1 Å². The Morgan fingerprint density at radius 2 is 1.74 bits per heavy atom. The number of aromatic nitrogens is 1. The molecule has 7 heteroatoms. The van der Waals surface area contributed by atoms with Crippen molar-refractivity contribution < 1.29 is 19.1 Å². The third-order valence-corrected chi connectivity index (χ3v) is 3.26. The molecule has 1 heterocycles. The summed E-state index contributed by atoms with van der Waals surface area (Å²) >= 11 is 3.34. The quantitative estimate of drug-likeness (QED) is 0.758. The molecule has 0 saturated heterocycles. The van der Waals surface area contributed by atoms with Crippen LogP contribution in [0.4, 0.5) is 5.82 Å². The number of anilines is 1. The minimum atomic E-state index is -0.453. The van der Waals surface area contributed by atoms with Gasteiger partial charge in [-0.25, -0.2) is 4.98 Å². The van der Waals surface area contributed by atoms with Gasteiger partial charge in [-0.15, -0.1) is 0 Å². The number of methoxy groups -OCH3 is 2. The van der Waals surface area contributed by atoms with Crippen LogP contribution in [0.3, 0.4) is 0 Å². The highest BCUT2D eigenvalue weighted by Gasteiger charge is 2.17. The molecule has 104 valence electrons. The molecule has 0 N–H and O–H groups in total. The third kappa shape index (κ3) is 4.51. The Morgan fingerprint density at radius 1 is 1.21 bits per heavy atom.